The monoisotopic (exact) mass is 238 g/mol. The van der Waals surface area contributed by atoms with Crippen molar-refractivity contribution in [1.82, 2.24) is 4.90 Å². The molecule has 0 bridgehead atoms. The molecule has 1 aliphatic heterocycles. The third-order valence-electron chi connectivity index (χ3n) is 4.66. The minimum atomic E-state index is 0.0738. The van der Waals surface area contributed by atoms with Crippen LogP contribution < -0.4 is 5.73 Å². The Balaban J connectivity index is 1.78. The van der Waals surface area contributed by atoms with E-state index in [-0.39, 0.29) is 11.5 Å². The lowest BCUT2D eigenvalue weighted by Crippen LogP contribution is -2.54. The number of hydrogen-bond acceptors (Lipinski definition) is 2. The number of piperidine rings is 1. The van der Waals surface area contributed by atoms with E-state index >= 15 is 0 Å². The van der Waals surface area contributed by atoms with E-state index in [2.05, 4.69) is 13.8 Å². The van der Waals surface area contributed by atoms with Crippen LogP contribution in [0.2, 0.25) is 0 Å². The van der Waals surface area contributed by atoms with Crippen LogP contribution in [-0.2, 0) is 4.79 Å². The van der Waals surface area contributed by atoms with Crippen LogP contribution in [0.25, 0.3) is 0 Å². The number of amides is 1. The summed E-state index contributed by atoms with van der Waals surface area (Å²) in [5, 5.41) is 0. The molecule has 1 saturated carbocycles. The van der Waals surface area contributed by atoms with E-state index in [1.54, 1.807) is 0 Å². The van der Waals surface area contributed by atoms with E-state index in [0.717, 1.165) is 38.3 Å². The van der Waals surface area contributed by atoms with Crippen LogP contribution in [0.4, 0.5) is 0 Å². The second-order valence-corrected chi connectivity index (χ2v) is 6.53. The lowest BCUT2D eigenvalue weighted by molar-refractivity contribution is -0.135. The third-order valence-corrected chi connectivity index (χ3v) is 4.66. The average molecular weight is 238 g/mol. The van der Waals surface area contributed by atoms with Gasteiger partial charge in [-0.15, -0.1) is 0 Å². The van der Waals surface area contributed by atoms with Gasteiger partial charge in [-0.3, -0.25) is 4.79 Å². The Bertz CT molecular complexity index is 284. The number of carbonyl (C=O) groups is 1. The van der Waals surface area contributed by atoms with Gasteiger partial charge in [0.05, 0.1) is 0 Å². The van der Waals surface area contributed by atoms with Crippen molar-refractivity contribution < 1.29 is 4.79 Å². The van der Waals surface area contributed by atoms with Gasteiger partial charge in [0, 0.05) is 25.6 Å². The maximum atomic E-state index is 12.1. The summed E-state index contributed by atoms with van der Waals surface area (Å²) in [4.78, 5) is 14.2. The molecule has 1 atom stereocenters. The standard InChI is InChI=1S/C14H26N2O/c1-14(2)10-16(9-8-12(14)15)13(17)7-6-11-4-3-5-11/h11-12H,3-10,15H2,1-2H3. The summed E-state index contributed by atoms with van der Waals surface area (Å²) in [5.74, 6) is 1.18. The highest BCUT2D eigenvalue weighted by Gasteiger charge is 2.35. The molecule has 1 amide bonds. The van der Waals surface area contributed by atoms with Crippen LogP contribution >= 0.6 is 0 Å². The van der Waals surface area contributed by atoms with Crippen molar-refractivity contribution in [3.05, 3.63) is 0 Å². The molecule has 2 N–H and O–H groups in total. The van der Waals surface area contributed by atoms with Gasteiger partial charge in [0.15, 0.2) is 0 Å². The van der Waals surface area contributed by atoms with Gasteiger partial charge < -0.3 is 10.6 Å². The molecule has 3 nitrogen and oxygen atoms in total. The van der Waals surface area contributed by atoms with Gasteiger partial charge in [0.2, 0.25) is 5.91 Å². The highest BCUT2D eigenvalue weighted by Crippen LogP contribution is 2.32. The second kappa shape index (κ2) is 4.97. The molecule has 98 valence electrons. The van der Waals surface area contributed by atoms with Crippen LogP contribution in [0.15, 0.2) is 0 Å². The van der Waals surface area contributed by atoms with E-state index < -0.39 is 0 Å². The van der Waals surface area contributed by atoms with E-state index in [4.69, 9.17) is 5.73 Å². The zero-order valence-electron chi connectivity index (χ0n) is 11.2. The summed E-state index contributed by atoms with van der Waals surface area (Å²) >= 11 is 0. The maximum absolute atomic E-state index is 12.1. The van der Waals surface area contributed by atoms with Crippen molar-refractivity contribution >= 4 is 5.91 Å². The van der Waals surface area contributed by atoms with Gasteiger partial charge in [-0.25, -0.2) is 0 Å². The third kappa shape index (κ3) is 3.01. The summed E-state index contributed by atoms with van der Waals surface area (Å²) in [5.41, 5.74) is 6.16. The quantitative estimate of drug-likeness (QED) is 0.819. The molecule has 1 aliphatic carbocycles. The molecule has 2 aliphatic rings. The zero-order chi connectivity index (χ0) is 12.5. The Morgan fingerprint density at radius 1 is 1.35 bits per heavy atom. The molecule has 0 aromatic rings. The van der Waals surface area contributed by atoms with E-state index in [1.807, 2.05) is 4.90 Å². The molecule has 0 radical (unpaired) electrons. The maximum Gasteiger partial charge on any atom is 0.222 e. The molecule has 0 spiro atoms. The van der Waals surface area contributed by atoms with Gasteiger partial charge in [0.1, 0.15) is 0 Å². The molecule has 2 fully saturated rings. The predicted octanol–water partition coefficient (Wildman–Crippen LogP) is 2.15. The molecule has 0 aromatic carbocycles. The van der Waals surface area contributed by atoms with Crippen LogP contribution in [-0.4, -0.2) is 29.9 Å². The van der Waals surface area contributed by atoms with Crippen molar-refractivity contribution in [1.29, 1.82) is 0 Å². The Morgan fingerprint density at radius 2 is 2.06 bits per heavy atom. The number of nitrogens with two attached hydrogens (primary N) is 1. The first-order valence-corrected chi connectivity index (χ1v) is 7.02. The number of rotatable bonds is 3. The van der Waals surface area contributed by atoms with Crippen molar-refractivity contribution in [2.24, 2.45) is 17.1 Å². The van der Waals surface area contributed by atoms with Crippen LogP contribution in [0.3, 0.4) is 0 Å². The molecule has 1 unspecified atom stereocenters. The van der Waals surface area contributed by atoms with Gasteiger partial charge in [-0.05, 0) is 24.2 Å². The fourth-order valence-electron chi connectivity index (χ4n) is 2.85. The van der Waals surface area contributed by atoms with E-state index in [9.17, 15) is 4.79 Å². The Hall–Kier alpha value is -0.570. The number of nitrogens with zero attached hydrogens (tertiary/aromatic N) is 1. The molecular weight excluding hydrogens is 212 g/mol. The fourth-order valence-corrected chi connectivity index (χ4v) is 2.85. The Kier molecular flexibility index (Phi) is 3.76. The zero-order valence-corrected chi connectivity index (χ0v) is 11.2. The minimum Gasteiger partial charge on any atom is -0.342 e. The number of likely N-dealkylation sites (tertiary alicyclic amines) is 1. The summed E-state index contributed by atoms with van der Waals surface area (Å²) in [7, 11) is 0. The minimum absolute atomic E-state index is 0.0738. The van der Waals surface area contributed by atoms with Crippen LogP contribution in [0, 0.1) is 11.3 Å². The molecule has 1 saturated heterocycles. The van der Waals surface area contributed by atoms with Gasteiger partial charge in [-0.2, -0.15) is 0 Å². The molecule has 3 heteroatoms. The smallest absolute Gasteiger partial charge is 0.222 e. The van der Waals surface area contributed by atoms with Crippen LogP contribution in [0.1, 0.15) is 52.4 Å². The van der Waals surface area contributed by atoms with Gasteiger partial charge in [0.25, 0.3) is 0 Å². The molecule has 2 rings (SSSR count). The first-order valence-electron chi connectivity index (χ1n) is 7.02. The SMILES string of the molecule is CC1(C)CN(C(=O)CCC2CCC2)CCC1N. The number of hydrogen-bond donors (Lipinski definition) is 1. The van der Waals surface area contributed by atoms with Crippen molar-refractivity contribution in [3.8, 4) is 0 Å². The van der Waals surface area contributed by atoms with E-state index in [1.165, 1.54) is 19.3 Å². The average Bonchev–Trinajstić information content (AvgIpc) is 2.19. The molecule has 17 heavy (non-hydrogen) atoms. The highest BCUT2D eigenvalue weighted by molar-refractivity contribution is 5.76. The molecule has 1 heterocycles. The Morgan fingerprint density at radius 3 is 2.59 bits per heavy atom. The fraction of sp³-hybridized carbons (Fsp3) is 0.929. The lowest BCUT2D eigenvalue weighted by atomic mass is 9.79. The topological polar surface area (TPSA) is 46.3 Å². The van der Waals surface area contributed by atoms with E-state index in [0.29, 0.717) is 5.91 Å². The van der Waals surface area contributed by atoms with Crippen molar-refractivity contribution in [3.63, 3.8) is 0 Å². The summed E-state index contributed by atoms with van der Waals surface area (Å²) in [6, 6.07) is 0.234. The van der Waals surface area contributed by atoms with Crippen molar-refractivity contribution in [2.75, 3.05) is 13.1 Å². The first-order chi connectivity index (χ1) is 7.99. The Labute approximate surface area is 105 Å². The summed E-state index contributed by atoms with van der Waals surface area (Å²) in [6.07, 6.45) is 6.83. The highest BCUT2D eigenvalue weighted by atomic mass is 16.2. The largest absolute Gasteiger partial charge is 0.342 e. The lowest BCUT2D eigenvalue weighted by Gasteiger charge is -2.42. The molecule has 0 aromatic heterocycles. The van der Waals surface area contributed by atoms with Crippen molar-refractivity contribution in [2.45, 2.75) is 58.4 Å². The summed E-state index contributed by atoms with van der Waals surface area (Å²) in [6.45, 7) is 6.03. The first kappa shape index (κ1) is 12.9. The normalized spacial score (nSPS) is 28.9. The van der Waals surface area contributed by atoms with Crippen LogP contribution in [0.5, 0.6) is 0 Å². The van der Waals surface area contributed by atoms with Gasteiger partial charge >= 0.3 is 0 Å². The predicted molar refractivity (Wildman–Crippen MR) is 69.5 cm³/mol. The number of carbonyl (C=O) groups excluding carboxylic acids is 1. The summed E-state index contributed by atoms with van der Waals surface area (Å²) < 4.78 is 0. The molecular formula is C14H26N2O. The second-order valence-electron chi connectivity index (χ2n) is 6.53. The van der Waals surface area contributed by atoms with Gasteiger partial charge in [-0.1, -0.05) is 33.1 Å².